The first kappa shape index (κ1) is 17.4. The Kier molecular flexibility index (Phi) is 5.12. The molecule has 0 saturated carbocycles. The molecule has 1 atom stereocenters. The summed E-state index contributed by atoms with van der Waals surface area (Å²) in [6.45, 7) is 0. The number of aromatic nitrogens is 1. The fourth-order valence-corrected chi connectivity index (χ4v) is 2.76. The first-order chi connectivity index (χ1) is 12.6. The van der Waals surface area contributed by atoms with E-state index >= 15 is 0 Å². The van der Waals surface area contributed by atoms with Crippen molar-refractivity contribution < 1.29 is 14.3 Å². The van der Waals surface area contributed by atoms with Crippen LogP contribution in [0.25, 0.3) is 10.9 Å². The van der Waals surface area contributed by atoms with E-state index in [2.05, 4.69) is 10.3 Å². The lowest BCUT2D eigenvalue weighted by atomic mass is 10.0. The molecule has 0 spiro atoms. The number of H-pyrrole nitrogens is 1. The second-order valence-corrected chi connectivity index (χ2v) is 5.79. The molecule has 6 nitrogen and oxygen atoms in total. The van der Waals surface area contributed by atoms with E-state index in [0.29, 0.717) is 10.9 Å². The molecular formula is C20H18N2O4. The van der Waals surface area contributed by atoms with Gasteiger partial charge in [0, 0.05) is 17.1 Å². The van der Waals surface area contributed by atoms with Crippen molar-refractivity contribution in [3.63, 3.8) is 0 Å². The Morgan fingerprint density at radius 1 is 1.08 bits per heavy atom. The van der Waals surface area contributed by atoms with Gasteiger partial charge in [0.15, 0.2) is 0 Å². The lowest BCUT2D eigenvalue weighted by Gasteiger charge is -2.18. The molecular weight excluding hydrogens is 332 g/mol. The number of amides is 1. The number of rotatable bonds is 5. The Bertz CT molecular complexity index is 995. The highest BCUT2D eigenvalue weighted by molar-refractivity contribution is 5.97. The molecule has 1 heterocycles. The van der Waals surface area contributed by atoms with E-state index in [1.807, 2.05) is 18.2 Å². The number of hydrogen-bond donors (Lipinski definition) is 2. The molecule has 0 unspecified atom stereocenters. The van der Waals surface area contributed by atoms with Gasteiger partial charge < -0.3 is 15.0 Å². The summed E-state index contributed by atoms with van der Waals surface area (Å²) in [5.41, 5.74) is 1.04. The van der Waals surface area contributed by atoms with Crippen LogP contribution < -0.4 is 10.7 Å². The molecule has 3 rings (SSSR count). The molecule has 2 N–H and O–H groups in total. The topological polar surface area (TPSA) is 88.3 Å². The minimum Gasteiger partial charge on any atom is -0.469 e. The van der Waals surface area contributed by atoms with Gasteiger partial charge in [-0.15, -0.1) is 0 Å². The highest BCUT2D eigenvalue weighted by Gasteiger charge is 2.21. The van der Waals surface area contributed by atoms with Crippen molar-refractivity contribution in [2.24, 2.45) is 0 Å². The number of nitrogens with one attached hydrogen (secondary N) is 2. The van der Waals surface area contributed by atoms with Crippen LogP contribution in [0, 0.1) is 0 Å². The zero-order valence-electron chi connectivity index (χ0n) is 14.2. The average Bonchev–Trinajstić information content (AvgIpc) is 2.68. The molecule has 0 saturated heterocycles. The smallest absolute Gasteiger partial charge is 0.307 e. The molecule has 1 aromatic heterocycles. The molecule has 26 heavy (non-hydrogen) atoms. The van der Waals surface area contributed by atoms with Crippen LogP contribution in [-0.2, 0) is 9.53 Å². The summed E-state index contributed by atoms with van der Waals surface area (Å²) in [7, 11) is 1.29. The van der Waals surface area contributed by atoms with E-state index in [9.17, 15) is 14.4 Å². The average molecular weight is 350 g/mol. The normalized spacial score (nSPS) is 11.7. The number of pyridine rings is 1. The molecule has 0 aliphatic rings. The summed E-state index contributed by atoms with van der Waals surface area (Å²) < 4.78 is 4.71. The third-order valence-electron chi connectivity index (χ3n) is 4.14. The van der Waals surface area contributed by atoms with Crippen molar-refractivity contribution in [2.45, 2.75) is 12.5 Å². The van der Waals surface area contributed by atoms with Crippen LogP contribution >= 0.6 is 0 Å². The zero-order valence-corrected chi connectivity index (χ0v) is 14.2. The standard InChI is InChI=1S/C20H18N2O4/c1-26-18(23)11-17(13-7-3-2-4-8-13)22-20(25)15-12-21-16-10-6-5-9-14(16)19(15)24/h2-10,12,17H,11H2,1H3,(H,21,24)(H,22,25)/t17-/m0/s1. The molecule has 1 amide bonds. The van der Waals surface area contributed by atoms with Crippen LogP contribution in [0.3, 0.4) is 0 Å². The number of fused-ring (bicyclic) bond motifs is 1. The maximum atomic E-state index is 12.7. The van der Waals surface area contributed by atoms with E-state index in [1.54, 1.807) is 36.4 Å². The molecule has 0 radical (unpaired) electrons. The summed E-state index contributed by atoms with van der Waals surface area (Å²) in [6, 6.07) is 15.5. The van der Waals surface area contributed by atoms with E-state index in [4.69, 9.17) is 4.74 Å². The van der Waals surface area contributed by atoms with Crippen LogP contribution in [0.2, 0.25) is 0 Å². The maximum Gasteiger partial charge on any atom is 0.307 e. The molecule has 0 aliphatic heterocycles. The number of ether oxygens (including phenoxy) is 1. The Hall–Kier alpha value is -3.41. The van der Waals surface area contributed by atoms with Gasteiger partial charge >= 0.3 is 5.97 Å². The minimum absolute atomic E-state index is 0.00510. The van der Waals surface area contributed by atoms with Gasteiger partial charge in [0.1, 0.15) is 5.56 Å². The first-order valence-electron chi connectivity index (χ1n) is 8.13. The molecule has 6 heteroatoms. The number of para-hydroxylation sites is 1. The molecule has 3 aromatic rings. The van der Waals surface area contributed by atoms with Crippen LogP contribution in [0.15, 0.2) is 65.6 Å². The van der Waals surface area contributed by atoms with Crippen LogP contribution in [-0.4, -0.2) is 24.0 Å². The van der Waals surface area contributed by atoms with Gasteiger partial charge in [-0.1, -0.05) is 42.5 Å². The second-order valence-electron chi connectivity index (χ2n) is 5.79. The molecule has 132 valence electrons. The summed E-state index contributed by atoms with van der Waals surface area (Å²) in [6.07, 6.45) is 1.36. The zero-order chi connectivity index (χ0) is 18.5. The van der Waals surface area contributed by atoms with Gasteiger partial charge in [-0.2, -0.15) is 0 Å². The fourth-order valence-electron chi connectivity index (χ4n) is 2.76. The van der Waals surface area contributed by atoms with E-state index in [1.165, 1.54) is 13.3 Å². The van der Waals surface area contributed by atoms with Crippen molar-refractivity contribution in [3.05, 3.63) is 82.1 Å². The van der Waals surface area contributed by atoms with Gasteiger partial charge in [-0.05, 0) is 17.7 Å². The fraction of sp³-hybridized carbons (Fsp3) is 0.150. The summed E-state index contributed by atoms with van der Waals surface area (Å²) in [4.78, 5) is 39.9. The predicted octanol–water partition coefficient (Wildman–Crippen LogP) is 2.56. The number of hydrogen-bond acceptors (Lipinski definition) is 4. The van der Waals surface area contributed by atoms with Crippen LogP contribution in [0.4, 0.5) is 0 Å². The maximum absolute atomic E-state index is 12.7. The largest absolute Gasteiger partial charge is 0.469 e. The number of aromatic amines is 1. The summed E-state index contributed by atoms with van der Waals surface area (Å²) in [5.74, 6) is -0.999. The minimum atomic E-state index is -0.595. The SMILES string of the molecule is COC(=O)C[C@H](NC(=O)c1c[nH]c2ccccc2c1=O)c1ccccc1. The number of esters is 1. The van der Waals surface area contributed by atoms with Gasteiger partial charge in [0.05, 0.1) is 19.6 Å². The van der Waals surface area contributed by atoms with Crippen molar-refractivity contribution >= 4 is 22.8 Å². The Morgan fingerprint density at radius 3 is 2.50 bits per heavy atom. The molecule has 0 fully saturated rings. The van der Waals surface area contributed by atoms with Gasteiger partial charge in [-0.3, -0.25) is 14.4 Å². The molecule has 0 bridgehead atoms. The van der Waals surface area contributed by atoms with Crippen molar-refractivity contribution in [1.29, 1.82) is 0 Å². The number of carbonyl (C=O) groups is 2. The molecule has 0 aliphatic carbocycles. The van der Waals surface area contributed by atoms with Gasteiger partial charge in [-0.25, -0.2) is 0 Å². The number of methoxy groups -OCH3 is 1. The molecule has 2 aromatic carbocycles. The first-order valence-corrected chi connectivity index (χ1v) is 8.13. The van der Waals surface area contributed by atoms with E-state index in [-0.39, 0.29) is 17.4 Å². The lowest BCUT2D eigenvalue weighted by Crippen LogP contribution is -2.33. The third-order valence-corrected chi connectivity index (χ3v) is 4.14. The number of benzene rings is 2. The third kappa shape index (κ3) is 3.64. The van der Waals surface area contributed by atoms with Crippen LogP contribution in [0.5, 0.6) is 0 Å². The van der Waals surface area contributed by atoms with Gasteiger partial charge in [0.2, 0.25) is 5.43 Å². The monoisotopic (exact) mass is 350 g/mol. The highest BCUT2D eigenvalue weighted by Crippen LogP contribution is 2.18. The second kappa shape index (κ2) is 7.65. The van der Waals surface area contributed by atoms with E-state index < -0.39 is 17.9 Å². The Morgan fingerprint density at radius 2 is 1.77 bits per heavy atom. The highest BCUT2D eigenvalue weighted by atomic mass is 16.5. The number of carbonyl (C=O) groups excluding carboxylic acids is 2. The van der Waals surface area contributed by atoms with Crippen molar-refractivity contribution in [3.8, 4) is 0 Å². The Balaban J connectivity index is 1.91. The Labute approximate surface area is 149 Å². The predicted molar refractivity (Wildman–Crippen MR) is 97.9 cm³/mol. The quantitative estimate of drug-likeness (QED) is 0.692. The van der Waals surface area contributed by atoms with Crippen molar-refractivity contribution in [1.82, 2.24) is 10.3 Å². The van der Waals surface area contributed by atoms with Crippen LogP contribution in [0.1, 0.15) is 28.4 Å². The van der Waals surface area contributed by atoms with Gasteiger partial charge in [0.25, 0.3) is 5.91 Å². The van der Waals surface area contributed by atoms with Crippen molar-refractivity contribution in [2.75, 3.05) is 7.11 Å². The van der Waals surface area contributed by atoms with E-state index in [0.717, 1.165) is 5.56 Å². The lowest BCUT2D eigenvalue weighted by molar-refractivity contribution is -0.141. The summed E-state index contributed by atoms with van der Waals surface area (Å²) >= 11 is 0. The summed E-state index contributed by atoms with van der Waals surface area (Å²) in [5, 5.41) is 3.20.